The number of aromatic amines is 1. The van der Waals surface area contributed by atoms with Crippen LogP contribution in [0.4, 0.5) is 5.69 Å². The normalized spacial score (nSPS) is 15.6. The third-order valence-electron chi connectivity index (χ3n) is 4.83. The highest BCUT2D eigenvalue weighted by atomic mass is 15.2. The highest BCUT2D eigenvalue weighted by Gasteiger charge is 2.17. The molecular weight excluding hydrogens is 310 g/mol. The molecule has 128 valence electrons. The molecule has 1 aliphatic rings. The smallest absolute Gasteiger partial charge is 0.0925 e. The first-order chi connectivity index (χ1) is 12.1. The molecule has 5 heteroatoms. The highest BCUT2D eigenvalue weighted by Crippen LogP contribution is 2.28. The van der Waals surface area contributed by atoms with Crippen molar-refractivity contribution in [2.75, 3.05) is 0 Å². The standard InChI is InChI=1S/C20H23N5/c1-13-17-11-16(9-10-19(17)23-22-13)21-20(15-7-5-4-6-8-15)18-12-25(3)24-14(18)2/h7,9-12H,4-6,8H2,1-3H3,(H,22,23). The van der Waals surface area contributed by atoms with E-state index in [1.165, 1.54) is 18.4 Å². The number of H-pyrrole nitrogens is 1. The van der Waals surface area contributed by atoms with Crippen molar-refractivity contribution in [3.63, 3.8) is 0 Å². The van der Waals surface area contributed by atoms with Gasteiger partial charge in [-0.2, -0.15) is 10.2 Å². The van der Waals surface area contributed by atoms with E-state index < -0.39 is 0 Å². The van der Waals surface area contributed by atoms with Crippen molar-refractivity contribution in [3.8, 4) is 0 Å². The van der Waals surface area contributed by atoms with Crippen molar-refractivity contribution in [3.05, 3.63) is 53.0 Å². The van der Waals surface area contributed by atoms with E-state index in [0.29, 0.717) is 0 Å². The molecule has 1 aromatic carbocycles. The van der Waals surface area contributed by atoms with Crippen molar-refractivity contribution < 1.29 is 0 Å². The summed E-state index contributed by atoms with van der Waals surface area (Å²) in [7, 11) is 1.96. The molecule has 0 spiro atoms. The fourth-order valence-electron chi connectivity index (χ4n) is 3.52. The summed E-state index contributed by atoms with van der Waals surface area (Å²) in [6.45, 7) is 4.09. The predicted octanol–water partition coefficient (Wildman–Crippen LogP) is 4.53. The van der Waals surface area contributed by atoms with Gasteiger partial charge in [0.1, 0.15) is 0 Å². The Morgan fingerprint density at radius 3 is 2.84 bits per heavy atom. The number of aromatic nitrogens is 4. The fraction of sp³-hybridized carbons (Fsp3) is 0.350. The molecule has 0 fully saturated rings. The molecule has 0 saturated heterocycles. The number of benzene rings is 1. The zero-order valence-electron chi connectivity index (χ0n) is 15.0. The lowest BCUT2D eigenvalue weighted by Gasteiger charge is -2.15. The molecule has 0 radical (unpaired) electrons. The van der Waals surface area contributed by atoms with Gasteiger partial charge in [-0.3, -0.25) is 9.78 Å². The van der Waals surface area contributed by atoms with E-state index in [1.54, 1.807) is 0 Å². The number of fused-ring (bicyclic) bond motifs is 1. The minimum Gasteiger partial charge on any atom is -0.282 e. The lowest BCUT2D eigenvalue weighted by atomic mass is 9.92. The van der Waals surface area contributed by atoms with E-state index in [-0.39, 0.29) is 0 Å². The van der Waals surface area contributed by atoms with Crippen LogP contribution in [0.25, 0.3) is 10.9 Å². The van der Waals surface area contributed by atoms with Crippen LogP contribution in [0, 0.1) is 13.8 Å². The van der Waals surface area contributed by atoms with Gasteiger partial charge in [-0.15, -0.1) is 0 Å². The summed E-state index contributed by atoms with van der Waals surface area (Å²) in [5.74, 6) is 0. The van der Waals surface area contributed by atoms with Crippen LogP contribution in [0.2, 0.25) is 0 Å². The minimum atomic E-state index is 0.960. The summed E-state index contributed by atoms with van der Waals surface area (Å²) < 4.78 is 1.87. The van der Waals surface area contributed by atoms with Crippen LogP contribution in [0.1, 0.15) is 42.6 Å². The van der Waals surface area contributed by atoms with E-state index >= 15 is 0 Å². The topological polar surface area (TPSA) is 58.9 Å². The Kier molecular flexibility index (Phi) is 3.99. The molecule has 1 aliphatic carbocycles. The van der Waals surface area contributed by atoms with Crippen molar-refractivity contribution >= 4 is 22.3 Å². The van der Waals surface area contributed by atoms with Crippen molar-refractivity contribution in [1.82, 2.24) is 20.0 Å². The summed E-state index contributed by atoms with van der Waals surface area (Å²) in [6, 6.07) is 6.18. The zero-order chi connectivity index (χ0) is 17.4. The van der Waals surface area contributed by atoms with E-state index in [0.717, 1.165) is 52.1 Å². The highest BCUT2D eigenvalue weighted by molar-refractivity contribution is 6.14. The van der Waals surface area contributed by atoms with E-state index in [1.807, 2.05) is 30.8 Å². The van der Waals surface area contributed by atoms with Gasteiger partial charge in [0.25, 0.3) is 0 Å². The largest absolute Gasteiger partial charge is 0.282 e. The average Bonchev–Trinajstić information content (AvgIpc) is 3.15. The zero-order valence-corrected chi connectivity index (χ0v) is 15.0. The number of nitrogens with one attached hydrogen (secondary N) is 1. The van der Waals surface area contributed by atoms with Crippen LogP contribution in [-0.2, 0) is 7.05 Å². The molecule has 3 aromatic rings. The first-order valence-corrected chi connectivity index (χ1v) is 8.85. The Morgan fingerprint density at radius 2 is 2.12 bits per heavy atom. The van der Waals surface area contributed by atoms with Gasteiger partial charge in [0.15, 0.2) is 0 Å². The van der Waals surface area contributed by atoms with Gasteiger partial charge < -0.3 is 0 Å². The lowest BCUT2D eigenvalue weighted by Crippen LogP contribution is -2.08. The van der Waals surface area contributed by atoms with Gasteiger partial charge in [-0.1, -0.05) is 6.08 Å². The molecule has 2 heterocycles. The third-order valence-corrected chi connectivity index (χ3v) is 4.83. The number of hydrogen-bond acceptors (Lipinski definition) is 3. The maximum absolute atomic E-state index is 5.05. The van der Waals surface area contributed by atoms with Crippen LogP contribution < -0.4 is 0 Å². The van der Waals surface area contributed by atoms with Gasteiger partial charge >= 0.3 is 0 Å². The van der Waals surface area contributed by atoms with Crippen molar-refractivity contribution in [1.29, 1.82) is 0 Å². The molecule has 0 amide bonds. The number of aryl methyl sites for hydroxylation is 3. The number of hydrogen-bond donors (Lipinski definition) is 1. The van der Waals surface area contributed by atoms with Crippen LogP contribution in [0.5, 0.6) is 0 Å². The number of nitrogens with zero attached hydrogens (tertiary/aromatic N) is 4. The molecule has 1 N–H and O–H groups in total. The Morgan fingerprint density at radius 1 is 1.24 bits per heavy atom. The second-order valence-electron chi connectivity index (χ2n) is 6.79. The Hall–Kier alpha value is -2.69. The van der Waals surface area contributed by atoms with Gasteiger partial charge in [0.2, 0.25) is 0 Å². The molecule has 0 aliphatic heterocycles. The Balaban J connectivity index is 1.86. The molecule has 25 heavy (non-hydrogen) atoms. The van der Waals surface area contributed by atoms with Crippen LogP contribution in [-0.4, -0.2) is 25.7 Å². The molecule has 4 rings (SSSR count). The third kappa shape index (κ3) is 3.02. The van der Waals surface area contributed by atoms with E-state index in [2.05, 4.69) is 40.6 Å². The number of allylic oxidation sites excluding steroid dienone is 2. The van der Waals surface area contributed by atoms with Gasteiger partial charge in [-0.05, 0) is 63.3 Å². The summed E-state index contributed by atoms with van der Waals surface area (Å²) in [6.07, 6.45) is 9.13. The second-order valence-corrected chi connectivity index (χ2v) is 6.79. The Bertz CT molecular complexity index is 987. The average molecular weight is 333 g/mol. The van der Waals surface area contributed by atoms with Gasteiger partial charge in [0, 0.05) is 29.9 Å². The SMILES string of the molecule is Cc1nn(C)cc1C(=Nc1ccc2n[nH]c(C)c2c1)C1=CCCCC1. The van der Waals surface area contributed by atoms with Gasteiger partial charge in [0.05, 0.1) is 22.6 Å². The van der Waals surface area contributed by atoms with E-state index in [4.69, 9.17) is 4.99 Å². The van der Waals surface area contributed by atoms with Gasteiger partial charge in [-0.25, -0.2) is 4.99 Å². The Labute approximate surface area is 147 Å². The summed E-state index contributed by atoms with van der Waals surface area (Å²) in [5, 5.41) is 13.0. The lowest BCUT2D eigenvalue weighted by molar-refractivity contribution is 0.717. The molecular formula is C20H23N5. The minimum absolute atomic E-state index is 0.960. The summed E-state index contributed by atoms with van der Waals surface area (Å²) >= 11 is 0. The van der Waals surface area contributed by atoms with E-state index in [9.17, 15) is 0 Å². The maximum Gasteiger partial charge on any atom is 0.0925 e. The van der Waals surface area contributed by atoms with Crippen LogP contribution >= 0.6 is 0 Å². The first kappa shape index (κ1) is 15.8. The first-order valence-electron chi connectivity index (χ1n) is 8.85. The number of aliphatic imine (C=N–C) groups is 1. The second kappa shape index (κ2) is 6.31. The maximum atomic E-state index is 5.05. The molecule has 2 aromatic heterocycles. The number of rotatable bonds is 3. The molecule has 0 bridgehead atoms. The van der Waals surface area contributed by atoms with Crippen molar-refractivity contribution in [2.45, 2.75) is 39.5 Å². The van der Waals surface area contributed by atoms with Crippen molar-refractivity contribution in [2.24, 2.45) is 12.0 Å². The predicted molar refractivity (Wildman–Crippen MR) is 102 cm³/mol. The van der Waals surface area contributed by atoms with Crippen LogP contribution in [0.15, 0.2) is 41.0 Å². The fourth-order valence-corrected chi connectivity index (χ4v) is 3.52. The molecule has 0 saturated carbocycles. The summed E-state index contributed by atoms with van der Waals surface area (Å²) in [5.41, 5.74) is 7.56. The summed E-state index contributed by atoms with van der Waals surface area (Å²) in [4.78, 5) is 5.05. The quantitative estimate of drug-likeness (QED) is 0.716. The molecule has 5 nitrogen and oxygen atoms in total. The molecule has 0 atom stereocenters. The monoisotopic (exact) mass is 333 g/mol. The molecule has 0 unspecified atom stereocenters. The van der Waals surface area contributed by atoms with Crippen LogP contribution in [0.3, 0.4) is 0 Å².